The number of allylic oxidation sites excluding steroid dienone is 2. The van der Waals surface area contributed by atoms with Gasteiger partial charge in [0.1, 0.15) is 0 Å². The van der Waals surface area contributed by atoms with Crippen molar-refractivity contribution in [3.8, 4) is 0 Å². The molecule has 0 radical (unpaired) electrons. The number of nitrogens with one attached hydrogen (secondary N) is 1. The maximum atomic E-state index is 11.2. The van der Waals surface area contributed by atoms with Crippen LogP contribution in [0.4, 0.5) is 0 Å². The van der Waals surface area contributed by atoms with Gasteiger partial charge in [-0.25, -0.2) is 0 Å². The van der Waals surface area contributed by atoms with Crippen molar-refractivity contribution in [3.63, 3.8) is 0 Å². The van der Waals surface area contributed by atoms with Crippen molar-refractivity contribution < 1.29 is 4.79 Å². The quantitative estimate of drug-likeness (QED) is 0.682. The van der Waals surface area contributed by atoms with E-state index >= 15 is 0 Å². The molecule has 11 heavy (non-hydrogen) atoms. The second kappa shape index (κ2) is 3.81. The van der Waals surface area contributed by atoms with E-state index in [2.05, 4.69) is 11.4 Å². The molecular formula is C8H13NOS. The standard InChI is InChI=1S/C8H13NOS/c1-3-9-8(10)7-5-4-6(2)11-7/h4,7H,3,5H2,1-2H3,(H,9,10). The summed E-state index contributed by atoms with van der Waals surface area (Å²) in [5.41, 5.74) is 0. The second-order valence-electron chi connectivity index (χ2n) is 2.55. The molecule has 1 heterocycles. The minimum atomic E-state index is 0.134. The monoisotopic (exact) mass is 171 g/mol. The van der Waals surface area contributed by atoms with Crippen molar-refractivity contribution >= 4 is 17.7 Å². The normalized spacial score (nSPS) is 23.1. The van der Waals surface area contributed by atoms with Gasteiger partial charge in [-0.2, -0.15) is 0 Å². The third kappa shape index (κ3) is 2.26. The number of hydrogen-bond acceptors (Lipinski definition) is 2. The highest BCUT2D eigenvalue weighted by atomic mass is 32.2. The second-order valence-corrected chi connectivity index (χ2v) is 4.00. The lowest BCUT2D eigenvalue weighted by Crippen LogP contribution is -2.31. The van der Waals surface area contributed by atoms with Crippen LogP contribution >= 0.6 is 11.8 Å². The molecule has 3 heteroatoms. The van der Waals surface area contributed by atoms with Crippen LogP contribution in [0, 0.1) is 0 Å². The third-order valence-corrected chi connectivity index (χ3v) is 2.82. The van der Waals surface area contributed by atoms with Crippen molar-refractivity contribution in [1.29, 1.82) is 0 Å². The summed E-state index contributed by atoms with van der Waals surface area (Å²) < 4.78 is 0. The van der Waals surface area contributed by atoms with Crippen molar-refractivity contribution in [3.05, 3.63) is 11.0 Å². The molecule has 0 bridgehead atoms. The van der Waals surface area contributed by atoms with E-state index in [1.807, 2.05) is 13.8 Å². The Morgan fingerprint density at radius 3 is 3.09 bits per heavy atom. The molecule has 2 nitrogen and oxygen atoms in total. The van der Waals surface area contributed by atoms with Gasteiger partial charge in [0.25, 0.3) is 0 Å². The van der Waals surface area contributed by atoms with E-state index in [4.69, 9.17) is 0 Å². The van der Waals surface area contributed by atoms with E-state index in [-0.39, 0.29) is 11.2 Å². The first-order valence-electron chi connectivity index (χ1n) is 3.85. The van der Waals surface area contributed by atoms with Gasteiger partial charge < -0.3 is 5.32 Å². The summed E-state index contributed by atoms with van der Waals surface area (Å²) in [5.74, 6) is 0.172. The fraction of sp³-hybridized carbons (Fsp3) is 0.625. The maximum absolute atomic E-state index is 11.2. The molecule has 1 unspecified atom stereocenters. The van der Waals surface area contributed by atoms with Gasteiger partial charge >= 0.3 is 0 Å². The van der Waals surface area contributed by atoms with Crippen LogP contribution in [-0.2, 0) is 4.79 Å². The van der Waals surface area contributed by atoms with E-state index in [0.717, 1.165) is 13.0 Å². The fourth-order valence-electron chi connectivity index (χ4n) is 1.04. The molecule has 0 saturated heterocycles. The first-order valence-corrected chi connectivity index (χ1v) is 4.73. The van der Waals surface area contributed by atoms with E-state index in [0.29, 0.717) is 0 Å². The summed E-state index contributed by atoms with van der Waals surface area (Å²) in [4.78, 5) is 12.5. The van der Waals surface area contributed by atoms with Crippen LogP contribution in [0.1, 0.15) is 20.3 Å². The lowest BCUT2D eigenvalue weighted by atomic mass is 10.3. The first kappa shape index (κ1) is 8.65. The van der Waals surface area contributed by atoms with Crippen LogP contribution in [0.5, 0.6) is 0 Å². The van der Waals surface area contributed by atoms with Crippen LogP contribution in [0.3, 0.4) is 0 Å². The molecule has 1 atom stereocenters. The molecule has 0 aromatic carbocycles. The van der Waals surface area contributed by atoms with Crippen molar-refractivity contribution in [2.24, 2.45) is 0 Å². The van der Waals surface area contributed by atoms with Gasteiger partial charge in [0.05, 0.1) is 5.25 Å². The van der Waals surface area contributed by atoms with Gasteiger partial charge in [-0.15, -0.1) is 11.8 Å². The van der Waals surface area contributed by atoms with Gasteiger partial charge in [-0.05, 0) is 25.2 Å². The first-order chi connectivity index (χ1) is 5.24. The Kier molecular flexibility index (Phi) is 3.00. The Hall–Kier alpha value is -0.440. The van der Waals surface area contributed by atoms with Gasteiger partial charge in [0.15, 0.2) is 0 Å². The Morgan fingerprint density at radius 1 is 1.91 bits per heavy atom. The molecule has 1 aliphatic rings. The Balaban J connectivity index is 2.34. The fourth-order valence-corrected chi connectivity index (χ4v) is 2.07. The molecule has 0 aromatic heterocycles. The molecule has 1 amide bonds. The summed E-state index contributed by atoms with van der Waals surface area (Å²) in [6.45, 7) is 4.72. The zero-order valence-electron chi connectivity index (χ0n) is 6.89. The molecule has 0 aliphatic carbocycles. The molecule has 0 fully saturated rings. The van der Waals surface area contributed by atoms with Gasteiger partial charge in [0.2, 0.25) is 5.91 Å². The van der Waals surface area contributed by atoms with E-state index in [1.54, 1.807) is 11.8 Å². The van der Waals surface area contributed by atoms with Crippen LogP contribution in [0.2, 0.25) is 0 Å². The zero-order chi connectivity index (χ0) is 8.27. The lowest BCUT2D eigenvalue weighted by molar-refractivity contribution is -0.120. The number of rotatable bonds is 2. The maximum Gasteiger partial charge on any atom is 0.233 e. The number of thioether (sulfide) groups is 1. The van der Waals surface area contributed by atoms with Crippen molar-refractivity contribution in [1.82, 2.24) is 5.32 Å². The third-order valence-electron chi connectivity index (χ3n) is 1.59. The number of hydrogen-bond donors (Lipinski definition) is 1. The van der Waals surface area contributed by atoms with Crippen LogP contribution < -0.4 is 5.32 Å². The Morgan fingerprint density at radius 2 is 2.64 bits per heavy atom. The van der Waals surface area contributed by atoms with Crippen LogP contribution in [0.15, 0.2) is 11.0 Å². The largest absolute Gasteiger partial charge is 0.355 e. The summed E-state index contributed by atoms with van der Waals surface area (Å²) >= 11 is 1.66. The van der Waals surface area contributed by atoms with E-state index in [9.17, 15) is 4.79 Å². The molecule has 62 valence electrons. The highest BCUT2D eigenvalue weighted by Crippen LogP contribution is 2.31. The van der Waals surface area contributed by atoms with E-state index < -0.39 is 0 Å². The number of amides is 1. The van der Waals surface area contributed by atoms with E-state index in [1.165, 1.54) is 4.91 Å². The van der Waals surface area contributed by atoms with Gasteiger partial charge in [0, 0.05) is 6.54 Å². The predicted molar refractivity (Wildman–Crippen MR) is 48.4 cm³/mol. The molecule has 0 saturated carbocycles. The topological polar surface area (TPSA) is 29.1 Å². The lowest BCUT2D eigenvalue weighted by Gasteiger charge is -2.07. The highest BCUT2D eigenvalue weighted by Gasteiger charge is 2.21. The van der Waals surface area contributed by atoms with Gasteiger partial charge in [-0.1, -0.05) is 6.08 Å². The van der Waals surface area contributed by atoms with Gasteiger partial charge in [-0.3, -0.25) is 4.79 Å². The molecule has 1 rings (SSSR count). The van der Waals surface area contributed by atoms with Crippen LogP contribution in [-0.4, -0.2) is 17.7 Å². The summed E-state index contributed by atoms with van der Waals surface area (Å²) in [5, 5.41) is 2.95. The average molecular weight is 171 g/mol. The minimum absolute atomic E-state index is 0.134. The smallest absolute Gasteiger partial charge is 0.233 e. The average Bonchev–Trinajstić information content (AvgIpc) is 2.36. The molecule has 0 spiro atoms. The van der Waals surface area contributed by atoms with Crippen molar-refractivity contribution in [2.45, 2.75) is 25.5 Å². The Bertz CT molecular complexity index is 189. The Labute approximate surface area is 71.4 Å². The molecular weight excluding hydrogens is 158 g/mol. The predicted octanol–water partition coefficient (Wildman–Crippen LogP) is 1.53. The summed E-state index contributed by atoms with van der Waals surface area (Å²) in [6.07, 6.45) is 3.01. The summed E-state index contributed by atoms with van der Waals surface area (Å²) in [7, 11) is 0. The SMILES string of the molecule is CCNC(=O)C1CC=C(C)S1. The minimum Gasteiger partial charge on any atom is -0.355 e. The summed E-state index contributed by atoms with van der Waals surface area (Å²) in [6, 6.07) is 0. The number of carbonyl (C=O) groups is 1. The zero-order valence-corrected chi connectivity index (χ0v) is 7.70. The van der Waals surface area contributed by atoms with Crippen LogP contribution in [0.25, 0.3) is 0 Å². The molecule has 1 aliphatic heterocycles. The van der Waals surface area contributed by atoms with Crippen molar-refractivity contribution in [2.75, 3.05) is 6.54 Å². The number of carbonyl (C=O) groups excluding carboxylic acids is 1. The highest BCUT2D eigenvalue weighted by molar-refractivity contribution is 8.04. The molecule has 0 aromatic rings. The molecule has 1 N–H and O–H groups in total.